The van der Waals surface area contributed by atoms with E-state index in [0.29, 0.717) is 33.1 Å². The van der Waals surface area contributed by atoms with Gasteiger partial charge in [0.25, 0.3) is 0 Å². The summed E-state index contributed by atoms with van der Waals surface area (Å²) >= 11 is 0. The van der Waals surface area contributed by atoms with Crippen LogP contribution < -0.4 is 0 Å². The molecule has 0 atom stereocenters. The Bertz CT molecular complexity index is 1550. The van der Waals surface area contributed by atoms with Gasteiger partial charge in [-0.1, -0.05) is 12.1 Å². The van der Waals surface area contributed by atoms with Gasteiger partial charge in [-0.2, -0.15) is 0 Å². The predicted molar refractivity (Wildman–Crippen MR) is 120 cm³/mol. The van der Waals surface area contributed by atoms with Crippen molar-refractivity contribution in [2.45, 2.75) is 0 Å². The number of rotatable bonds is 4. The lowest BCUT2D eigenvalue weighted by atomic mass is 10.1. The zero-order valence-electron chi connectivity index (χ0n) is 18.6. The fourth-order valence-electron chi connectivity index (χ4n) is 4.68. The van der Waals surface area contributed by atoms with Gasteiger partial charge >= 0.3 is 23.9 Å². The third-order valence-corrected chi connectivity index (χ3v) is 5.96. The zero-order chi connectivity index (χ0) is 24.3. The van der Waals surface area contributed by atoms with Gasteiger partial charge in [-0.25, -0.2) is 19.2 Å². The average molecular weight is 462 g/mol. The minimum atomic E-state index is -0.737. The van der Waals surface area contributed by atoms with Crippen LogP contribution >= 0.6 is 0 Å². The minimum Gasteiger partial charge on any atom is -0.465 e. The van der Waals surface area contributed by atoms with Gasteiger partial charge in [-0.15, -0.1) is 0 Å². The van der Waals surface area contributed by atoms with E-state index in [1.165, 1.54) is 28.4 Å². The summed E-state index contributed by atoms with van der Waals surface area (Å²) in [6.45, 7) is 0. The molecule has 0 fully saturated rings. The summed E-state index contributed by atoms with van der Waals surface area (Å²) in [6, 6.07) is 10.1. The molecule has 10 nitrogen and oxygen atoms in total. The Balaban J connectivity index is 2.18. The summed E-state index contributed by atoms with van der Waals surface area (Å²) in [5.74, 6) is -2.91. The molecule has 0 aromatic carbocycles. The van der Waals surface area contributed by atoms with E-state index in [9.17, 15) is 19.2 Å². The predicted octanol–water partition coefficient (Wildman–Crippen LogP) is 3.08. The summed E-state index contributed by atoms with van der Waals surface area (Å²) in [5, 5.41) is 0. The molecule has 0 N–H and O–H groups in total. The van der Waals surface area contributed by atoms with E-state index in [0.717, 1.165) is 0 Å². The SMILES string of the molecule is COC(=O)c1c(C(=O)OC)c2c3cccc4c(C(=O)OC)c(C(=O)OC)c(c5cccc1n52)n43. The molecular weight excluding hydrogens is 444 g/mol. The molecule has 0 saturated heterocycles. The molecule has 0 spiro atoms. The van der Waals surface area contributed by atoms with Crippen LogP contribution in [0.1, 0.15) is 41.4 Å². The third kappa shape index (κ3) is 2.50. The normalized spacial score (nSPS) is 11.4. The van der Waals surface area contributed by atoms with Gasteiger partial charge in [0, 0.05) is 0 Å². The molecule has 34 heavy (non-hydrogen) atoms. The molecular formula is C24H18N2O8. The Morgan fingerprint density at radius 3 is 1.12 bits per heavy atom. The number of methoxy groups -OCH3 is 4. The first kappa shape index (κ1) is 21.3. The Morgan fingerprint density at radius 2 is 0.794 bits per heavy atom. The quantitative estimate of drug-likeness (QED) is 0.227. The number of fused-ring (bicyclic) bond motifs is 2. The molecule has 5 aromatic heterocycles. The van der Waals surface area contributed by atoms with Gasteiger partial charge < -0.3 is 27.7 Å². The van der Waals surface area contributed by atoms with E-state index in [2.05, 4.69) is 0 Å². The first-order chi connectivity index (χ1) is 16.4. The number of ether oxygens (including phenoxy) is 4. The first-order valence-corrected chi connectivity index (χ1v) is 10.1. The summed E-state index contributed by atoms with van der Waals surface area (Å²) in [5.41, 5.74) is 2.45. The van der Waals surface area contributed by atoms with Crippen LogP contribution in [0.15, 0.2) is 36.4 Å². The van der Waals surface area contributed by atoms with Crippen LogP contribution in [0.3, 0.4) is 0 Å². The highest BCUT2D eigenvalue weighted by molar-refractivity contribution is 6.22. The van der Waals surface area contributed by atoms with E-state index in [1.54, 1.807) is 45.2 Å². The topological polar surface area (TPSA) is 114 Å². The highest BCUT2D eigenvalue weighted by Crippen LogP contribution is 2.39. The summed E-state index contributed by atoms with van der Waals surface area (Å²) in [7, 11) is 4.87. The van der Waals surface area contributed by atoms with Crippen molar-refractivity contribution in [3.05, 3.63) is 58.7 Å². The lowest BCUT2D eigenvalue weighted by Crippen LogP contribution is -2.10. The van der Waals surface area contributed by atoms with Crippen molar-refractivity contribution in [2.75, 3.05) is 28.4 Å². The van der Waals surface area contributed by atoms with Crippen molar-refractivity contribution in [2.24, 2.45) is 0 Å². The standard InChI is InChI=1S/C24H18N2O8/c1-31-21(27)15-11-7-5-9-14-20-18(24(30)34-4)16(22(28)32-2)12-8-6-10-13(26(12)20)19(25(11)14)17(15)23(29)33-3/h5-10H,1-4H3. The molecule has 0 unspecified atom stereocenters. The van der Waals surface area contributed by atoms with Crippen LogP contribution in [0, 0.1) is 0 Å². The second kappa shape index (κ2) is 7.48. The molecule has 0 radical (unpaired) electrons. The molecule has 10 heteroatoms. The van der Waals surface area contributed by atoms with Crippen LogP contribution in [0.5, 0.6) is 0 Å². The molecule has 0 bridgehead atoms. The first-order valence-electron chi connectivity index (χ1n) is 10.1. The highest BCUT2D eigenvalue weighted by atomic mass is 16.5. The van der Waals surface area contributed by atoms with E-state index < -0.39 is 23.9 Å². The van der Waals surface area contributed by atoms with E-state index >= 15 is 0 Å². The number of carbonyl (C=O) groups excluding carboxylic acids is 4. The van der Waals surface area contributed by atoms with Gasteiger partial charge in [0.1, 0.15) is 22.3 Å². The molecule has 0 aliphatic rings. The number of pyridine rings is 2. The fraction of sp³-hybridized carbons (Fsp3) is 0.167. The molecule has 0 aliphatic heterocycles. The van der Waals surface area contributed by atoms with Gasteiger partial charge in [-0.05, 0) is 24.3 Å². The van der Waals surface area contributed by atoms with Crippen LogP contribution in [-0.2, 0) is 18.9 Å². The summed E-state index contributed by atoms with van der Waals surface area (Å²) in [4.78, 5) is 51.5. The van der Waals surface area contributed by atoms with Crippen molar-refractivity contribution in [3.63, 3.8) is 0 Å². The molecule has 5 heterocycles. The Morgan fingerprint density at radius 1 is 0.500 bits per heavy atom. The van der Waals surface area contributed by atoms with Crippen molar-refractivity contribution in [1.29, 1.82) is 0 Å². The van der Waals surface area contributed by atoms with Crippen LogP contribution in [0.4, 0.5) is 0 Å². The molecule has 5 aromatic rings. The van der Waals surface area contributed by atoms with E-state index in [1.807, 2.05) is 0 Å². The average Bonchev–Trinajstić information content (AvgIpc) is 3.40. The number of nitrogens with zero attached hydrogens (tertiary/aromatic N) is 2. The smallest absolute Gasteiger partial charge is 0.341 e. The number of aromatic nitrogens is 2. The minimum absolute atomic E-state index is 0.00730. The van der Waals surface area contributed by atoms with Gasteiger partial charge in [0.15, 0.2) is 0 Å². The molecule has 172 valence electrons. The summed E-state index contributed by atoms with van der Waals surface area (Å²) < 4.78 is 23.3. The van der Waals surface area contributed by atoms with Gasteiger partial charge in [0.05, 0.1) is 61.5 Å². The van der Waals surface area contributed by atoms with E-state index in [-0.39, 0.29) is 22.3 Å². The molecule has 0 amide bonds. The van der Waals surface area contributed by atoms with Crippen LogP contribution in [0.2, 0.25) is 0 Å². The highest BCUT2D eigenvalue weighted by Gasteiger charge is 2.34. The Hall–Kier alpha value is -4.60. The van der Waals surface area contributed by atoms with Crippen molar-refractivity contribution in [3.8, 4) is 0 Å². The molecule has 5 rings (SSSR count). The molecule has 0 aliphatic carbocycles. The maximum atomic E-state index is 13.0. The largest absolute Gasteiger partial charge is 0.465 e. The van der Waals surface area contributed by atoms with E-state index in [4.69, 9.17) is 18.9 Å². The number of hydrogen-bond acceptors (Lipinski definition) is 8. The Labute approximate surface area is 191 Å². The lowest BCUT2D eigenvalue weighted by molar-refractivity contribution is 0.0559. The maximum absolute atomic E-state index is 13.0. The number of carbonyl (C=O) groups is 4. The van der Waals surface area contributed by atoms with Crippen molar-refractivity contribution >= 4 is 57.0 Å². The molecule has 0 saturated carbocycles. The Kier molecular flexibility index (Phi) is 4.67. The number of esters is 4. The van der Waals surface area contributed by atoms with Crippen molar-refractivity contribution < 1.29 is 38.1 Å². The third-order valence-electron chi connectivity index (χ3n) is 5.96. The number of hydrogen-bond donors (Lipinski definition) is 0. The van der Waals surface area contributed by atoms with Crippen LogP contribution in [-0.4, -0.2) is 61.1 Å². The lowest BCUT2D eigenvalue weighted by Gasteiger charge is -2.12. The van der Waals surface area contributed by atoms with Crippen LogP contribution in [0.25, 0.3) is 33.1 Å². The second-order valence-corrected chi connectivity index (χ2v) is 7.43. The summed E-state index contributed by atoms with van der Waals surface area (Å²) in [6.07, 6.45) is 0. The zero-order valence-corrected chi connectivity index (χ0v) is 18.6. The van der Waals surface area contributed by atoms with Gasteiger partial charge in [0.2, 0.25) is 0 Å². The fourth-order valence-corrected chi connectivity index (χ4v) is 4.68. The monoisotopic (exact) mass is 462 g/mol. The van der Waals surface area contributed by atoms with Gasteiger partial charge in [-0.3, -0.25) is 0 Å². The maximum Gasteiger partial charge on any atom is 0.341 e. The van der Waals surface area contributed by atoms with Crippen molar-refractivity contribution in [1.82, 2.24) is 8.80 Å². The second-order valence-electron chi connectivity index (χ2n) is 7.43.